The van der Waals surface area contributed by atoms with E-state index in [1.165, 1.54) is 11.8 Å². The highest BCUT2D eigenvalue weighted by molar-refractivity contribution is 8.00. The minimum Gasteiger partial charge on any atom is -0.457 e. The van der Waals surface area contributed by atoms with E-state index in [4.69, 9.17) is 4.74 Å². The van der Waals surface area contributed by atoms with Crippen molar-refractivity contribution in [2.75, 3.05) is 11.1 Å². The van der Waals surface area contributed by atoms with E-state index in [1.54, 1.807) is 24.4 Å². The van der Waals surface area contributed by atoms with Crippen molar-refractivity contribution in [3.05, 3.63) is 42.1 Å². The molecule has 1 aromatic heterocycles. The number of Topliss-reactive ketones (excluding diaryl/α,β-unsaturated/α-hetero) is 2. The number of hydrogen-bond acceptors (Lipinski definition) is 8. The highest BCUT2D eigenvalue weighted by Gasteiger charge is 2.70. The Hall–Kier alpha value is -2.45. The summed E-state index contributed by atoms with van der Waals surface area (Å²) >= 11 is 1.30. The maximum atomic E-state index is 13.8. The van der Waals surface area contributed by atoms with Gasteiger partial charge in [0.1, 0.15) is 11.4 Å². The third-order valence-corrected chi connectivity index (χ3v) is 10.8. The molecule has 0 spiro atoms. The lowest BCUT2D eigenvalue weighted by atomic mass is 9.46. The van der Waals surface area contributed by atoms with Crippen molar-refractivity contribution in [2.24, 2.45) is 34.5 Å². The molecule has 0 saturated heterocycles. The van der Waals surface area contributed by atoms with Crippen LogP contribution in [0.3, 0.4) is 0 Å². The summed E-state index contributed by atoms with van der Waals surface area (Å²) in [7, 11) is 0. The summed E-state index contributed by atoms with van der Waals surface area (Å²) in [6, 6.07) is 3.62. The lowest BCUT2D eigenvalue weighted by molar-refractivity contribution is -0.169. The maximum Gasteiger partial charge on any atom is 0.220 e. The van der Waals surface area contributed by atoms with Gasteiger partial charge < -0.3 is 15.2 Å². The van der Waals surface area contributed by atoms with Crippen molar-refractivity contribution in [1.82, 2.24) is 4.98 Å². The molecule has 0 radical (unpaired) electrons. The van der Waals surface area contributed by atoms with Crippen molar-refractivity contribution in [3.8, 4) is 5.75 Å². The van der Waals surface area contributed by atoms with E-state index in [0.29, 0.717) is 18.0 Å². The zero-order valence-electron chi connectivity index (χ0n) is 20.8. The molecule has 0 amide bonds. The average Bonchev–Trinajstić information content (AvgIpc) is 3.35. The molecule has 6 rings (SSSR count). The van der Waals surface area contributed by atoms with Gasteiger partial charge >= 0.3 is 0 Å². The fourth-order valence-corrected chi connectivity index (χ4v) is 9.04. The number of nitrogens with one attached hydrogen (secondary N) is 1. The van der Waals surface area contributed by atoms with Crippen LogP contribution >= 0.6 is 11.8 Å². The lowest BCUT2D eigenvalue weighted by Gasteiger charge is -2.56. The summed E-state index contributed by atoms with van der Waals surface area (Å²) in [5.74, 6) is 0.872. The van der Waals surface area contributed by atoms with Gasteiger partial charge in [0.05, 0.1) is 5.75 Å². The molecule has 5 aliphatic rings. The number of anilines is 1. The van der Waals surface area contributed by atoms with Crippen LogP contribution in [0.2, 0.25) is 0 Å². The smallest absolute Gasteiger partial charge is 0.220 e. The molecular weight excluding hydrogens is 476 g/mol. The second-order valence-corrected chi connectivity index (χ2v) is 12.7. The Morgan fingerprint density at radius 3 is 2.92 bits per heavy atom. The van der Waals surface area contributed by atoms with Crippen LogP contribution in [0, 0.1) is 34.5 Å². The van der Waals surface area contributed by atoms with E-state index in [0.717, 1.165) is 18.4 Å². The van der Waals surface area contributed by atoms with Crippen LogP contribution in [-0.4, -0.2) is 44.4 Å². The number of rotatable bonds is 4. The van der Waals surface area contributed by atoms with Crippen molar-refractivity contribution < 1.29 is 24.2 Å². The summed E-state index contributed by atoms with van der Waals surface area (Å²) < 4.78 is 5.83. The summed E-state index contributed by atoms with van der Waals surface area (Å²) in [5, 5.41) is 15.3. The predicted octanol–water partition coefficient (Wildman–Crippen LogP) is 3.94. The van der Waals surface area contributed by atoms with Gasteiger partial charge in [-0.25, -0.2) is 4.98 Å². The Morgan fingerprint density at radius 1 is 1.33 bits per heavy atom. The van der Waals surface area contributed by atoms with Crippen LogP contribution in [0.5, 0.6) is 5.75 Å². The first-order chi connectivity index (χ1) is 17.1. The number of ether oxygens (including phenoxy) is 1. The van der Waals surface area contributed by atoms with Gasteiger partial charge in [-0.05, 0) is 61.3 Å². The molecule has 6 unspecified atom stereocenters. The molecule has 8 atom stereocenters. The number of hydrogen-bond donors (Lipinski definition) is 2. The van der Waals surface area contributed by atoms with E-state index in [2.05, 4.69) is 17.2 Å². The van der Waals surface area contributed by atoms with Crippen molar-refractivity contribution in [1.29, 1.82) is 0 Å². The van der Waals surface area contributed by atoms with Crippen LogP contribution in [0.25, 0.3) is 0 Å². The first kappa shape index (κ1) is 23.9. The standard InChI is InChI=1S/C28H32N2O5S/c1-15-11-19-18-7-6-16-12-17(31)8-9-26(16,2)23(18)20(32)13-27(19,3)28(15,34)22(33)14-36-25-30-24-21(35-25)5-4-10-29-24/h4-5,8-10,12,15,18-19,23,25,34H,6-7,11,13-14H2,1-3H3,(H,29,30)/t15-,18?,19?,23?,25?,26?,27?,28+/m1/s1. The zero-order valence-corrected chi connectivity index (χ0v) is 21.6. The van der Waals surface area contributed by atoms with Crippen molar-refractivity contribution in [2.45, 2.75) is 57.6 Å². The third kappa shape index (κ3) is 3.16. The topological polar surface area (TPSA) is 106 Å². The van der Waals surface area contributed by atoms with Crippen LogP contribution in [0.4, 0.5) is 5.82 Å². The maximum absolute atomic E-state index is 13.8. The minimum absolute atomic E-state index is 0.0133. The molecule has 1 aromatic rings. The summed E-state index contributed by atoms with van der Waals surface area (Å²) in [6.45, 7) is 5.98. The van der Waals surface area contributed by atoms with Gasteiger partial charge in [-0.3, -0.25) is 14.4 Å². The molecule has 4 aliphatic carbocycles. The normalized spacial score (nSPS) is 42.4. The lowest BCUT2D eigenvalue weighted by Crippen LogP contribution is -2.61. The number of nitrogens with zero attached hydrogens (tertiary/aromatic N) is 1. The molecule has 2 N–H and O–H groups in total. The molecule has 1 aliphatic heterocycles. The van der Waals surface area contributed by atoms with Crippen LogP contribution < -0.4 is 10.1 Å². The number of aromatic nitrogens is 1. The number of aliphatic hydroxyl groups is 1. The number of ketones is 3. The summed E-state index contributed by atoms with van der Waals surface area (Å²) in [6.07, 6.45) is 9.36. The minimum atomic E-state index is -1.58. The van der Waals surface area contributed by atoms with Crippen molar-refractivity contribution >= 4 is 34.9 Å². The van der Waals surface area contributed by atoms with Gasteiger partial charge in [-0.2, -0.15) is 0 Å². The Morgan fingerprint density at radius 2 is 2.14 bits per heavy atom. The van der Waals surface area contributed by atoms with Gasteiger partial charge in [-0.15, -0.1) is 0 Å². The van der Waals surface area contributed by atoms with Gasteiger partial charge in [0.15, 0.2) is 23.1 Å². The molecule has 7 nitrogen and oxygen atoms in total. The SMILES string of the molecule is C[C@@H]1CC2C3CCC4=CC(=O)C=CC4(C)C3C(=O)CC2(C)[C@@]1(O)C(=O)CSC1Nc2ncccc2O1. The number of pyridine rings is 1. The zero-order chi connectivity index (χ0) is 25.5. The number of allylic oxidation sites excluding steroid dienone is 4. The molecule has 3 saturated carbocycles. The number of carbonyl (C=O) groups excluding carboxylic acids is 3. The molecule has 0 bridgehead atoms. The van der Waals surface area contributed by atoms with Gasteiger partial charge in [0, 0.05) is 29.4 Å². The summed E-state index contributed by atoms with van der Waals surface area (Å²) in [5.41, 5.74) is -2.27. The quantitative estimate of drug-likeness (QED) is 0.630. The fraction of sp³-hybridized carbons (Fsp3) is 0.571. The Balaban J connectivity index is 1.24. The first-order valence-electron chi connectivity index (χ1n) is 12.8. The third-order valence-electron chi connectivity index (χ3n) is 9.89. The van der Waals surface area contributed by atoms with Crippen LogP contribution in [0.15, 0.2) is 42.1 Å². The number of thioether (sulfide) groups is 1. The monoisotopic (exact) mass is 508 g/mol. The van der Waals surface area contributed by atoms with E-state index < -0.39 is 22.0 Å². The van der Waals surface area contributed by atoms with E-state index in [9.17, 15) is 19.5 Å². The number of fused-ring (bicyclic) bond motifs is 6. The molecule has 2 heterocycles. The molecule has 3 fully saturated rings. The Bertz CT molecular complexity index is 1200. The van der Waals surface area contributed by atoms with Gasteiger partial charge in [-0.1, -0.05) is 44.2 Å². The largest absolute Gasteiger partial charge is 0.457 e. The van der Waals surface area contributed by atoms with Crippen LogP contribution in [0.1, 0.15) is 46.5 Å². The molecule has 8 heteroatoms. The van der Waals surface area contributed by atoms with E-state index in [1.807, 2.05) is 26.0 Å². The van der Waals surface area contributed by atoms with Crippen molar-refractivity contribution in [3.63, 3.8) is 0 Å². The first-order valence-corrected chi connectivity index (χ1v) is 13.9. The summed E-state index contributed by atoms with van der Waals surface area (Å²) in [4.78, 5) is 43.8. The molecule has 36 heavy (non-hydrogen) atoms. The Kier molecular flexibility index (Phi) is 5.33. The van der Waals surface area contributed by atoms with E-state index in [-0.39, 0.29) is 53.2 Å². The van der Waals surface area contributed by atoms with Crippen LogP contribution in [-0.2, 0) is 14.4 Å². The number of carbonyl (C=O) groups is 3. The van der Waals surface area contributed by atoms with Gasteiger partial charge in [0.2, 0.25) is 5.56 Å². The molecular formula is C28H32N2O5S. The predicted molar refractivity (Wildman–Crippen MR) is 136 cm³/mol. The highest BCUT2D eigenvalue weighted by Crippen LogP contribution is 2.67. The fourth-order valence-electron chi connectivity index (χ4n) is 8.15. The van der Waals surface area contributed by atoms with E-state index >= 15 is 0 Å². The molecule has 190 valence electrons. The second kappa shape index (κ2) is 8.02. The Labute approximate surface area is 215 Å². The second-order valence-electron chi connectivity index (χ2n) is 11.6. The average molecular weight is 509 g/mol. The highest BCUT2D eigenvalue weighted by atomic mass is 32.2. The molecule has 0 aromatic carbocycles. The van der Waals surface area contributed by atoms with Gasteiger partial charge in [0.25, 0.3) is 0 Å².